The molecule has 0 saturated heterocycles. The van der Waals surface area contributed by atoms with Gasteiger partial charge in [-0.2, -0.15) is 0 Å². The van der Waals surface area contributed by atoms with E-state index in [4.69, 9.17) is 5.73 Å². The Morgan fingerprint density at radius 3 is 2.20 bits per heavy atom. The lowest BCUT2D eigenvalue weighted by atomic mass is 10.0. The predicted octanol–water partition coefficient (Wildman–Crippen LogP) is 3.30. The Kier molecular flexibility index (Phi) is 5.78. The first-order chi connectivity index (χ1) is 9.75. The summed E-state index contributed by atoms with van der Waals surface area (Å²) in [5, 5.41) is 3.51. The van der Waals surface area contributed by atoms with Crippen LogP contribution in [-0.2, 0) is 6.42 Å². The van der Waals surface area contributed by atoms with Crippen molar-refractivity contribution in [2.45, 2.75) is 31.8 Å². The Balaban J connectivity index is 1.71. The molecule has 0 aliphatic carbocycles. The van der Waals surface area contributed by atoms with Crippen LogP contribution in [0, 0.1) is 0 Å². The van der Waals surface area contributed by atoms with Crippen LogP contribution in [-0.4, -0.2) is 12.6 Å². The summed E-state index contributed by atoms with van der Waals surface area (Å²) < 4.78 is 0. The summed E-state index contributed by atoms with van der Waals surface area (Å²) in [4.78, 5) is 0. The van der Waals surface area contributed by atoms with Gasteiger partial charge in [0.2, 0.25) is 0 Å². The van der Waals surface area contributed by atoms with Crippen LogP contribution in [0.4, 0.5) is 0 Å². The van der Waals surface area contributed by atoms with Gasteiger partial charge in [0.1, 0.15) is 0 Å². The molecule has 2 nitrogen and oxygen atoms in total. The van der Waals surface area contributed by atoms with Crippen molar-refractivity contribution in [2.75, 3.05) is 6.54 Å². The van der Waals surface area contributed by atoms with Gasteiger partial charge < -0.3 is 11.1 Å². The van der Waals surface area contributed by atoms with Crippen molar-refractivity contribution in [2.24, 2.45) is 5.73 Å². The van der Waals surface area contributed by atoms with Gasteiger partial charge in [0.15, 0.2) is 0 Å². The first kappa shape index (κ1) is 14.8. The largest absolute Gasteiger partial charge is 0.327 e. The maximum Gasteiger partial charge on any atom is 0.0292 e. The number of hydrogen-bond donors (Lipinski definition) is 2. The fourth-order valence-electron chi connectivity index (χ4n) is 2.29. The minimum atomic E-state index is 0.196. The van der Waals surface area contributed by atoms with E-state index in [1.807, 2.05) is 12.1 Å². The lowest BCUT2D eigenvalue weighted by Gasteiger charge is -2.18. The second-order valence-electron chi connectivity index (χ2n) is 5.32. The van der Waals surface area contributed by atoms with E-state index in [-0.39, 0.29) is 6.04 Å². The van der Waals surface area contributed by atoms with Gasteiger partial charge in [0, 0.05) is 18.6 Å². The molecule has 2 heteroatoms. The summed E-state index contributed by atoms with van der Waals surface area (Å²) in [7, 11) is 0. The molecule has 2 aromatic rings. The fraction of sp³-hybridized carbons (Fsp3) is 0.333. The molecule has 106 valence electrons. The molecule has 20 heavy (non-hydrogen) atoms. The molecule has 0 heterocycles. The van der Waals surface area contributed by atoms with E-state index in [0.29, 0.717) is 6.04 Å². The molecule has 0 aliphatic rings. The first-order valence-electron chi connectivity index (χ1n) is 7.33. The predicted molar refractivity (Wildman–Crippen MR) is 85.6 cm³/mol. The second kappa shape index (κ2) is 7.83. The zero-order chi connectivity index (χ0) is 14.2. The number of hydrogen-bond acceptors (Lipinski definition) is 2. The van der Waals surface area contributed by atoms with Gasteiger partial charge >= 0.3 is 0 Å². The van der Waals surface area contributed by atoms with Crippen LogP contribution < -0.4 is 11.1 Å². The van der Waals surface area contributed by atoms with Crippen molar-refractivity contribution >= 4 is 0 Å². The van der Waals surface area contributed by atoms with Crippen LogP contribution in [0.3, 0.4) is 0 Å². The van der Waals surface area contributed by atoms with Gasteiger partial charge in [-0.15, -0.1) is 0 Å². The smallest absolute Gasteiger partial charge is 0.0292 e. The highest BCUT2D eigenvalue weighted by atomic mass is 14.9. The van der Waals surface area contributed by atoms with Gasteiger partial charge in [-0.3, -0.25) is 0 Å². The standard InChI is InChI=1S/C18H24N2/c1-15(17-10-6-3-7-11-17)20-14-18(19)13-12-16-8-4-2-5-9-16/h2-11,15,18,20H,12-14,19H2,1H3/t15-,18-/m1/s1. The van der Waals surface area contributed by atoms with Gasteiger partial charge in [-0.25, -0.2) is 0 Å². The van der Waals surface area contributed by atoms with Gasteiger partial charge in [-0.05, 0) is 30.9 Å². The zero-order valence-corrected chi connectivity index (χ0v) is 12.1. The van der Waals surface area contributed by atoms with Crippen molar-refractivity contribution in [3.8, 4) is 0 Å². The highest BCUT2D eigenvalue weighted by molar-refractivity contribution is 5.18. The molecular weight excluding hydrogens is 244 g/mol. The monoisotopic (exact) mass is 268 g/mol. The van der Waals surface area contributed by atoms with Crippen LogP contribution in [0.25, 0.3) is 0 Å². The minimum absolute atomic E-state index is 0.196. The Bertz CT molecular complexity index is 481. The van der Waals surface area contributed by atoms with Crippen molar-refractivity contribution in [1.29, 1.82) is 0 Å². The SMILES string of the molecule is C[C@@H](NC[C@H](N)CCc1ccccc1)c1ccccc1. The molecule has 2 rings (SSSR count). The quantitative estimate of drug-likeness (QED) is 0.808. The summed E-state index contributed by atoms with van der Waals surface area (Å²) in [5.74, 6) is 0. The molecule has 0 bridgehead atoms. The Morgan fingerprint density at radius 1 is 0.950 bits per heavy atom. The molecule has 0 radical (unpaired) electrons. The summed E-state index contributed by atoms with van der Waals surface area (Å²) in [5.41, 5.74) is 8.85. The summed E-state index contributed by atoms with van der Waals surface area (Å²) >= 11 is 0. The van der Waals surface area contributed by atoms with E-state index in [1.54, 1.807) is 0 Å². The lowest BCUT2D eigenvalue weighted by molar-refractivity contribution is 0.497. The normalized spacial score (nSPS) is 13.9. The molecule has 0 unspecified atom stereocenters. The summed E-state index contributed by atoms with van der Waals surface area (Å²) in [6, 6.07) is 21.5. The van der Waals surface area contributed by atoms with E-state index in [9.17, 15) is 0 Å². The summed E-state index contributed by atoms with van der Waals surface area (Å²) in [6.45, 7) is 3.03. The molecule has 0 amide bonds. The average Bonchev–Trinajstić information content (AvgIpc) is 2.52. The molecule has 3 N–H and O–H groups in total. The Hall–Kier alpha value is -1.64. The zero-order valence-electron chi connectivity index (χ0n) is 12.1. The molecular formula is C18H24N2. The van der Waals surface area contributed by atoms with Crippen LogP contribution in [0.5, 0.6) is 0 Å². The molecule has 0 saturated carbocycles. The van der Waals surface area contributed by atoms with Gasteiger partial charge in [0.25, 0.3) is 0 Å². The average molecular weight is 268 g/mol. The molecule has 0 fully saturated rings. The van der Waals surface area contributed by atoms with E-state index < -0.39 is 0 Å². The third-order valence-electron chi connectivity index (χ3n) is 3.63. The van der Waals surface area contributed by atoms with Crippen molar-refractivity contribution in [3.05, 3.63) is 71.8 Å². The topological polar surface area (TPSA) is 38.0 Å². The minimum Gasteiger partial charge on any atom is -0.327 e. The van der Waals surface area contributed by atoms with Gasteiger partial charge in [-0.1, -0.05) is 60.7 Å². The molecule has 0 aromatic heterocycles. The number of rotatable bonds is 7. The molecule has 0 spiro atoms. The highest BCUT2D eigenvalue weighted by Crippen LogP contribution is 2.11. The summed E-state index contributed by atoms with van der Waals surface area (Å²) in [6.07, 6.45) is 2.06. The number of benzene rings is 2. The maximum absolute atomic E-state index is 6.19. The molecule has 2 atom stereocenters. The van der Waals surface area contributed by atoms with E-state index in [2.05, 4.69) is 60.8 Å². The van der Waals surface area contributed by atoms with Crippen LogP contribution >= 0.6 is 0 Å². The molecule has 2 aromatic carbocycles. The number of aryl methyl sites for hydroxylation is 1. The maximum atomic E-state index is 6.19. The second-order valence-corrected chi connectivity index (χ2v) is 5.32. The first-order valence-corrected chi connectivity index (χ1v) is 7.33. The van der Waals surface area contributed by atoms with E-state index >= 15 is 0 Å². The Morgan fingerprint density at radius 2 is 1.55 bits per heavy atom. The van der Waals surface area contributed by atoms with Crippen molar-refractivity contribution in [1.82, 2.24) is 5.32 Å². The molecule has 0 aliphatic heterocycles. The van der Waals surface area contributed by atoms with Crippen molar-refractivity contribution < 1.29 is 0 Å². The van der Waals surface area contributed by atoms with Crippen molar-refractivity contribution in [3.63, 3.8) is 0 Å². The van der Waals surface area contributed by atoms with E-state index in [1.165, 1.54) is 11.1 Å². The lowest BCUT2D eigenvalue weighted by Crippen LogP contribution is -2.35. The van der Waals surface area contributed by atoms with Crippen LogP contribution in [0.2, 0.25) is 0 Å². The third kappa shape index (κ3) is 4.80. The van der Waals surface area contributed by atoms with Gasteiger partial charge in [0.05, 0.1) is 0 Å². The number of nitrogens with one attached hydrogen (secondary N) is 1. The highest BCUT2D eigenvalue weighted by Gasteiger charge is 2.07. The van der Waals surface area contributed by atoms with Crippen LogP contribution in [0.1, 0.15) is 30.5 Å². The fourth-order valence-corrected chi connectivity index (χ4v) is 2.29. The van der Waals surface area contributed by atoms with E-state index in [0.717, 1.165) is 19.4 Å². The number of nitrogens with two attached hydrogens (primary N) is 1. The Labute approximate surface area is 122 Å². The van der Waals surface area contributed by atoms with Crippen LogP contribution in [0.15, 0.2) is 60.7 Å². The third-order valence-corrected chi connectivity index (χ3v) is 3.63.